The first-order valence-corrected chi connectivity index (χ1v) is 7.53. The standard InChI is InChI=1S/C19H17N5/c1-24(2)17-8-4-6-15(10-17)18-12-21-13-19(23-18)22-16-7-3-5-14(9-16)11-20/h3-10,12-13H,1-2H3,(H,22,23). The summed E-state index contributed by atoms with van der Waals surface area (Å²) < 4.78 is 0. The summed E-state index contributed by atoms with van der Waals surface area (Å²) in [4.78, 5) is 10.9. The molecule has 0 atom stereocenters. The molecule has 2 aromatic carbocycles. The first-order valence-electron chi connectivity index (χ1n) is 7.53. The van der Waals surface area contributed by atoms with Gasteiger partial charge >= 0.3 is 0 Å². The summed E-state index contributed by atoms with van der Waals surface area (Å²) >= 11 is 0. The Morgan fingerprint density at radius 2 is 1.88 bits per heavy atom. The van der Waals surface area contributed by atoms with Crippen molar-refractivity contribution in [1.82, 2.24) is 9.97 Å². The maximum absolute atomic E-state index is 8.98. The van der Waals surface area contributed by atoms with Crippen molar-refractivity contribution < 1.29 is 0 Å². The quantitative estimate of drug-likeness (QED) is 0.793. The second-order valence-corrected chi connectivity index (χ2v) is 5.55. The highest BCUT2D eigenvalue weighted by atomic mass is 15.1. The summed E-state index contributed by atoms with van der Waals surface area (Å²) in [7, 11) is 4.01. The van der Waals surface area contributed by atoms with E-state index in [9.17, 15) is 0 Å². The van der Waals surface area contributed by atoms with Crippen LogP contribution in [0.25, 0.3) is 11.3 Å². The summed E-state index contributed by atoms with van der Waals surface area (Å²) in [5.41, 5.74) is 4.31. The fourth-order valence-corrected chi connectivity index (χ4v) is 2.32. The van der Waals surface area contributed by atoms with Crippen LogP contribution in [0.2, 0.25) is 0 Å². The maximum atomic E-state index is 8.98. The second-order valence-electron chi connectivity index (χ2n) is 5.55. The van der Waals surface area contributed by atoms with Crippen LogP contribution < -0.4 is 10.2 Å². The molecule has 0 aliphatic rings. The minimum Gasteiger partial charge on any atom is -0.378 e. The Bertz CT molecular complexity index is 896. The molecule has 3 aromatic rings. The van der Waals surface area contributed by atoms with Gasteiger partial charge in [-0.15, -0.1) is 0 Å². The zero-order valence-electron chi connectivity index (χ0n) is 13.6. The Kier molecular flexibility index (Phi) is 4.39. The van der Waals surface area contributed by atoms with Gasteiger partial charge in [0.05, 0.1) is 29.7 Å². The number of rotatable bonds is 4. The van der Waals surface area contributed by atoms with Crippen LogP contribution in [-0.4, -0.2) is 24.1 Å². The Hall–Kier alpha value is -3.39. The van der Waals surface area contributed by atoms with E-state index < -0.39 is 0 Å². The Balaban J connectivity index is 1.89. The normalized spacial score (nSPS) is 10.0. The zero-order chi connectivity index (χ0) is 16.9. The van der Waals surface area contributed by atoms with Gasteiger partial charge in [0.15, 0.2) is 0 Å². The monoisotopic (exact) mass is 315 g/mol. The molecule has 0 amide bonds. The number of nitrogens with zero attached hydrogens (tertiary/aromatic N) is 4. The molecule has 3 rings (SSSR count). The average Bonchev–Trinajstić information content (AvgIpc) is 2.62. The molecule has 0 spiro atoms. The van der Waals surface area contributed by atoms with Crippen LogP contribution in [0.3, 0.4) is 0 Å². The van der Waals surface area contributed by atoms with Gasteiger partial charge in [0, 0.05) is 31.0 Å². The third kappa shape index (κ3) is 3.50. The van der Waals surface area contributed by atoms with Crippen molar-refractivity contribution >= 4 is 17.2 Å². The van der Waals surface area contributed by atoms with Gasteiger partial charge in [0.2, 0.25) is 0 Å². The average molecular weight is 315 g/mol. The molecule has 1 aromatic heterocycles. The van der Waals surface area contributed by atoms with Crippen molar-refractivity contribution in [2.45, 2.75) is 0 Å². The number of nitrogens with one attached hydrogen (secondary N) is 1. The van der Waals surface area contributed by atoms with Gasteiger partial charge in [-0.05, 0) is 30.3 Å². The van der Waals surface area contributed by atoms with Crippen molar-refractivity contribution in [1.29, 1.82) is 5.26 Å². The van der Waals surface area contributed by atoms with Gasteiger partial charge in [-0.3, -0.25) is 4.98 Å². The Labute approximate surface area is 141 Å². The molecular weight excluding hydrogens is 298 g/mol. The van der Waals surface area contributed by atoms with Crippen LogP contribution in [0.1, 0.15) is 5.56 Å². The minimum atomic E-state index is 0.600. The van der Waals surface area contributed by atoms with E-state index in [4.69, 9.17) is 5.26 Å². The molecule has 0 radical (unpaired) electrons. The van der Waals surface area contributed by atoms with Gasteiger partial charge in [0.25, 0.3) is 0 Å². The van der Waals surface area contributed by atoms with Gasteiger partial charge in [-0.1, -0.05) is 18.2 Å². The molecule has 5 nitrogen and oxygen atoms in total. The number of anilines is 3. The molecule has 118 valence electrons. The summed E-state index contributed by atoms with van der Waals surface area (Å²) in [5.74, 6) is 0.637. The largest absolute Gasteiger partial charge is 0.378 e. The van der Waals surface area contributed by atoms with Crippen LogP contribution in [0.4, 0.5) is 17.2 Å². The highest BCUT2D eigenvalue weighted by molar-refractivity contribution is 5.67. The molecule has 5 heteroatoms. The molecule has 0 bridgehead atoms. The smallest absolute Gasteiger partial charge is 0.149 e. The Morgan fingerprint density at radius 1 is 1.04 bits per heavy atom. The van der Waals surface area contributed by atoms with E-state index in [2.05, 4.69) is 27.4 Å². The second kappa shape index (κ2) is 6.80. The lowest BCUT2D eigenvalue weighted by Gasteiger charge is -2.13. The molecule has 24 heavy (non-hydrogen) atoms. The zero-order valence-corrected chi connectivity index (χ0v) is 13.6. The fraction of sp³-hybridized carbons (Fsp3) is 0.105. The van der Waals surface area contributed by atoms with Crippen LogP contribution in [0.15, 0.2) is 60.9 Å². The van der Waals surface area contributed by atoms with E-state index >= 15 is 0 Å². The van der Waals surface area contributed by atoms with Crippen molar-refractivity contribution in [2.24, 2.45) is 0 Å². The summed E-state index contributed by atoms with van der Waals surface area (Å²) in [6.45, 7) is 0. The van der Waals surface area contributed by atoms with Gasteiger partial charge in [-0.25, -0.2) is 4.98 Å². The summed E-state index contributed by atoms with van der Waals surface area (Å²) in [5, 5.41) is 12.2. The summed E-state index contributed by atoms with van der Waals surface area (Å²) in [6, 6.07) is 17.5. The molecule has 0 unspecified atom stereocenters. The predicted octanol–water partition coefficient (Wildman–Crippen LogP) is 3.82. The van der Waals surface area contributed by atoms with E-state index in [0.717, 1.165) is 22.6 Å². The van der Waals surface area contributed by atoms with Crippen LogP contribution in [-0.2, 0) is 0 Å². The number of nitriles is 1. The molecular formula is C19H17N5. The van der Waals surface area contributed by atoms with E-state index in [-0.39, 0.29) is 0 Å². The van der Waals surface area contributed by atoms with Crippen molar-refractivity contribution in [3.63, 3.8) is 0 Å². The van der Waals surface area contributed by atoms with Gasteiger partial charge in [-0.2, -0.15) is 5.26 Å². The lowest BCUT2D eigenvalue weighted by molar-refractivity contribution is 1.13. The van der Waals surface area contributed by atoms with Gasteiger partial charge < -0.3 is 10.2 Å². The predicted molar refractivity (Wildman–Crippen MR) is 96.2 cm³/mol. The number of benzene rings is 2. The maximum Gasteiger partial charge on any atom is 0.149 e. The van der Waals surface area contributed by atoms with E-state index in [1.807, 2.05) is 49.3 Å². The molecule has 1 heterocycles. The topological polar surface area (TPSA) is 64.8 Å². The van der Waals surface area contributed by atoms with Crippen LogP contribution in [0.5, 0.6) is 0 Å². The van der Waals surface area contributed by atoms with E-state index in [1.165, 1.54) is 0 Å². The first kappa shape index (κ1) is 15.5. The molecule has 0 aliphatic carbocycles. The third-order valence-corrected chi connectivity index (χ3v) is 3.56. The summed E-state index contributed by atoms with van der Waals surface area (Å²) in [6.07, 6.45) is 3.41. The van der Waals surface area contributed by atoms with Crippen molar-refractivity contribution in [3.05, 3.63) is 66.5 Å². The number of hydrogen-bond donors (Lipinski definition) is 1. The number of hydrogen-bond acceptors (Lipinski definition) is 5. The van der Waals surface area contributed by atoms with E-state index in [0.29, 0.717) is 11.4 Å². The fourth-order valence-electron chi connectivity index (χ4n) is 2.32. The first-order chi connectivity index (χ1) is 11.7. The Morgan fingerprint density at radius 3 is 2.67 bits per heavy atom. The molecule has 1 N–H and O–H groups in total. The highest BCUT2D eigenvalue weighted by Crippen LogP contribution is 2.23. The molecule has 0 aliphatic heterocycles. The van der Waals surface area contributed by atoms with Crippen LogP contribution >= 0.6 is 0 Å². The molecule has 0 saturated heterocycles. The lowest BCUT2D eigenvalue weighted by atomic mass is 10.1. The highest BCUT2D eigenvalue weighted by Gasteiger charge is 2.05. The minimum absolute atomic E-state index is 0.600. The third-order valence-electron chi connectivity index (χ3n) is 3.56. The number of aromatic nitrogens is 2. The van der Waals surface area contributed by atoms with Crippen molar-refractivity contribution in [2.75, 3.05) is 24.3 Å². The van der Waals surface area contributed by atoms with Crippen LogP contribution in [0, 0.1) is 11.3 Å². The van der Waals surface area contributed by atoms with Crippen molar-refractivity contribution in [3.8, 4) is 17.3 Å². The molecule has 0 saturated carbocycles. The van der Waals surface area contributed by atoms with E-state index in [1.54, 1.807) is 24.5 Å². The lowest BCUT2D eigenvalue weighted by Crippen LogP contribution is -2.08. The molecule has 0 fully saturated rings. The van der Waals surface area contributed by atoms with Gasteiger partial charge in [0.1, 0.15) is 5.82 Å². The SMILES string of the molecule is CN(C)c1cccc(-c2cncc(Nc3cccc(C#N)c3)n2)c1.